The molecular formula is C22H23N3O4. The van der Waals surface area contributed by atoms with E-state index in [-0.39, 0.29) is 18.6 Å². The van der Waals surface area contributed by atoms with Crippen molar-refractivity contribution in [1.82, 2.24) is 10.3 Å². The van der Waals surface area contributed by atoms with Crippen LogP contribution >= 0.6 is 0 Å². The number of carbonyl (C=O) groups excluding carboxylic acids is 1. The SMILES string of the molecule is O=C(NCCc1ccc2c(c1)OCO2)C1CCN(c2nc3ccccc3o2)CC1. The lowest BCUT2D eigenvalue weighted by Gasteiger charge is -2.30. The third-order valence-corrected chi connectivity index (χ3v) is 5.57. The Morgan fingerprint density at radius 1 is 1.10 bits per heavy atom. The Bertz CT molecular complexity index is 991. The van der Waals surface area contributed by atoms with Gasteiger partial charge in [0.15, 0.2) is 17.1 Å². The van der Waals surface area contributed by atoms with Crippen LogP contribution in [0.1, 0.15) is 18.4 Å². The second-order valence-electron chi connectivity index (χ2n) is 7.45. The minimum Gasteiger partial charge on any atom is -0.454 e. The lowest BCUT2D eigenvalue weighted by Crippen LogP contribution is -2.41. The summed E-state index contributed by atoms with van der Waals surface area (Å²) in [6.07, 6.45) is 2.37. The summed E-state index contributed by atoms with van der Waals surface area (Å²) in [5.74, 6) is 1.72. The summed E-state index contributed by atoms with van der Waals surface area (Å²) in [6, 6.07) is 14.3. The number of piperidine rings is 1. The molecule has 7 heteroatoms. The number of benzene rings is 2. The van der Waals surface area contributed by atoms with E-state index in [4.69, 9.17) is 13.9 Å². The van der Waals surface area contributed by atoms with Crippen molar-refractivity contribution in [2.24, 2.45) is 5.92 Å². The molecule has 0 spiro atoms. The Labute approximate surface area is 168 Å². The van der Waals surface area contributed by atoms with Crippen LogP contribution in [0.4, 0.5) is 6.01 Å². The number of ether oxygens (including phenoxy) is 2. The van der Waals surface area contributed by atoms with Crippen molar-refractivity contribution >= 4 is 23.0 Å². The Balaban J connectivity index is 1.10. The van der Waals surface area contributed by atoms with E-state index in [1.807, 2.05) is 42.5 Å². The van der Waals surface area contributed by atoms with Gasteiger partial charge in [-0.05, 0) is 49.1 Å². The fourth-order valence-corrected chi connectivity index (χ4v) is 3.90. The highest BCUT2D eigenvalue weighted by Crippen LogP contribution is 2.32. The molecule has 5 rings (SSSR count). The molecule has 0 saturated carbocycles. The number of carbonyl (C=O) groups is 1. The van der Waals surface area contributed by atoms with E-state index in [9.17, 15) is 4.79 Å². The summed E-state index contributed by atoms with van der Waals surface area (Å²) in [5.41, 5.74) is 2.79. The van der Waals surface area contributed by atoms with Crippen LogP contribution in [0.15, 0.2) is 46.9 Å². The summed E-state index contributed by atoms with van der Waals surface area (Å²) in [4.78, 5) is 19.2. The quantitative estimate of drug-likeness (QED) is 0.718. The number of oxazole rings is 1. The van der Waals surface area contributed by atoms with Crippen molar-refractivity contribution in [3.8, 4) is 11.5 Å². The van der Waals surface area contributed by atoms with E-state index in [0.29, 0.717) is 12.6 Å². The predicted octanol–water partition coefficient (Wildman–Crippen LogP) is 3.13. The van der Waals surface area contributed by atoms with Gasteiger partial charge in [-0.1, -0.05) is 18.2 Å². The molecule has 7 nitrogen and oxygen atoms in total. The minimum atomic E-state index is 0.0346. The Hall–Kier alpha value is -3.22. The molecule has 1 amide bonds. The van der Waals surface area contributed by atoms with Crippen LogP contribution in [0.2, 0.25) is 0 Å². The summed E-state index contributed by atoms with van der Waals surface area (Å²) >= 11 is 0. The van der Waals surface area contributed by atoms with Gasteiger partial charge in [0.05, 0.1) is 0 Å². The van der Waals surface area contributed by atoms with Crippen molar-refractivity contribution in [3.63, 3.8) is 0 Å². The first-order valence-electron chi connectivity index (χ1n) is 10.0. The van der Waals surface area contributed by atoms with Crippen molar-refractivity contribution in [2.75, 3.05) is 31.3 Å². The molecule has 2 aliphatic rings. The molecule has 2 aliphatic heterocycles. The average molecular weight is 393 g/mol. The molecule has 1 N–H and O–H groups in total. The maximum absolute atomic E-state index is 12.5. The van der Waals surface area contributed by atoms with Crippen molar-refractivity contribution in [3.05, 3.63) is 48.0 Å². The van der Waals surface area contributed by atoms with E-state index in [0.717, 1.165) is 60.5 Å². The van der Waals surface area contributed by atoms with Gasteiger partial charge < -0.3 is 24.1 Å². The summed E-state index contributed by atoms with van der Waals surface area (Å²) in [7, 11) is 0. The van der Waals surface area contributed by atoms with E-state index in [2.05, 4.69) is 15.2 Å². The van der Waals surface area contributed by atoms with Gasteiger partial charge in [0, 0.05) is 25.6 Å². The molecule has 1 saturated heterocycles. The van der Waals surface area contributed by atoms with Gasteiger partial charge in [-0.3, -0.25) is 4.79 Å². The molecule has 29 heavy (non-hydrogen) atoms. The number of anilines is 1. The number of fused-ring (bicyclic) bond motifs is 2. The van der Waals surface area contributed by atoms with Gasteiger partial charge in [0.1, 0.15) is 5.52 Å². The van der Waals surface area contributed by atoms with E-state index < -0.39 is 0 Å². The smallest absolute Gasteiger partial charge is 0.298 e. The monoisotopic (exact) mass is 393 g/mol. The van der Waals surface area contributed by atoms with Gasteiger partial charge >= 0.3 is 0 Å². The van der Waals surface area contributed by atoms with Crippen LogP contribution in [0.5, 0.6) is 11.5 Å². The van der Waals surface area contributed by atoms with E-state index >= 15 is 0 Å². The van der Waals surface area contributed by atoms with Crippen LogP contribution < -0.4 is 19.7 Å². The van der Waals surface area contributed by atoms with E-state index in [1.54, 1.807) is 0 Å². The molecule has 0 atom stereocenters. The molecule has 150 valence electrons. The maximum Gasteiger partial charge on any atom is 0.298 e. The Morgan fingerprint density at radius 2 is 1.93 bits per heavy atom. The molecule has 0 aliphatic carbocycles. The molecule has 3 aromatic rings. The lowest BCUT2D eigenvalue weighted by molar-refractivity contribution is -0.125. The first kappa shape index (κ1) is 17.8. The molecule has 0 bridgehead atoms. The molecule has 0 unspecified atom stereocenters. The van der Waals surface area contributed by atoms with Crippen molar-refractivity contribution in [1.29, 1.82) is 0 Å². The number of aromatic nitrogens is 1. The zero-order chi connectivity index (χ0) is 19.6. The number of rotatable bonds is 5. The van der Waals surface area contributed by atoms with Crippen molar-refractivity contribution in [2.45, 2.75) is 19.3 Å². The molecule has 2 aromatic carbocycles. The number of hydrogen-bond donors (Lipinski definition) is 1. The molecule has 0 radical (unpaired) electrons. The fourth-order valence-electron chi connectivity index (χ4n) is 3.90. The average Bonchev–Trinajstić information content (AvgIpc) is 3.40. The third-order valence-electron chi connectivity index (χ3n) is 5.57. The minimum absolute atomic E-state index is 0.0346. The number of amides is 1. The van der Waals surface area contributed by atoms with Gasteiger partial charge in [-0.2, -0.15) is 4.98 Å². The highest BCUT2D eigenvalue weighted by Gasteiger charge is 2.27. The Morgan fingerprint density at radius 3 is 2.79 bits per heavy atom. The van der Waals surface area contributed by atoms with Crippen LogP contribution in [-0.2, 0) is 11.2 Å². The van der Waals surface area contributed by atoms with Gasteiger partial charge in [-0.15, -0.1) is 0 Å². The van der Waals surface area contributed by atoms with Gasteiger partial charge in [0.2, 0.25) is 12.7 Å². The summed E-state index contributed by atoms with van der Waals surface area (Å²) < 4.78 is 16.6. The number of nitrogens with zero attached hydrogens (tertiary/aromatic N) is 2. The van der Waals surface area contributed by atoms with Crippen LogP contribution in [0.3, 0.4) is 0 Å². The van der Waals surface area contributed by atoms with Gasteiger partial charge in [0.25, 0.3) is 6.01 Å². The standard InChI is InChI=1S/C22H23N3O4/c26-21(23-10-7-15-5-6-19-20(13-15)28-14-27-19)16-8-11-25(12-9-16)22-24-17-3-1-2-4-18(17)29-22/h1-6,13,16H,7-12,14H2,(H,23,26). The van der Waals surface area contributed by atoms with Crippen LogP contribution in [-0.4, -0.2) is 37.3 Å². The highest BCUT2D eigenvalue weighted by atomic mass is 16.7. The first-order valence-corrected chi connectivity index (χ1v) is 10.0. The lowest BCUT2D eigenvalue weighted by atomic mass is 9.96. The van der Waals surface area contributed by atoms with Gasteiger partial charge in [-0.25, -0.2) is 0 Å². The predicted molar refractivity (Wildman–Crippen MR) is 108 cm³/mol. The first-order chi connectivity index (χ1) is 14.3. The summed E-state index contributed by atoms with van der Waals surface area (Å²) in [5, 5.41) is 3.08. The zero-order valence-electron chi connectivity index (χ0n) is 16.1. The van der Waals surface area contributed by atoms with Crippen LogP contribution in [0, 0.1) is 5.92 Å². The number of nitrogens with one attached hydrogen (secondary N) is 1. The van der Waals surface area contributed by atoms with Crippen molar-refractivity contribution < 1.29 is 18.7 Å². The molecule has 1 aromatic heterocycles. The number of para-hydroxylation sites is 2. The third kappa shape index (κ3) is 3.72. The maximum atomic E-state index is 12.5. The topological polar surface area (TPSA) is 76.8 Å². The fraction of sp³-hybridized carbons (Fsp3) is 0.364. The highest BCUT2D eigenvalue weighted by molar-refractivity contribution is 5.79. The molecule has 1 fully saturated rings. The molecule has 3 heterocycles. The van der Waals surface area contributed by atoms with E-state index in [1.165, 1.54) is 0 Å². The summed E-state index contributed by atoms with van der Waals surface area (Å²) in [6.45, 7) is 2.43. The second-order valence-corrected chi connectivity index (χ2v) is 7.45. The Kier molecular flexibility index (Phi) is 4.71. The molecular weight excluding hydrogens is 370 g/mol. The second kappa shape index (κ2) is 7.66. The number of hydrogen-bond acceptors (Lipinski definition) is 6. The largest absolute Gasteiger partial charge is 0.454 e. The van der Waals surface area contributed by atoms with Crippen LogP contribution in [0.25, 0.3) is 11.1 Å². The normalized spacial score (nSPS) is 16.3. The zero-order valence-corrected chi connectivity index (χ0v) is 16.1.